The van der Waals surface area contributed by atoms with Gasteiger partial charge in [0.15, 0.2) is 17.1 Å². The van der Waals surface area contributed by atoms with Crippen molar-refractivity contribution in [2.75, 3.05) is 27.3 Å². The molecule has 3 heterocycles. The maximum atomic E-state index is 13.0. The number of aromatic nitrogens is 3. The van der Waals surface area contributed by atoms with Crippen molar-refractivity contribution >= 4 is 17.1 Å². The molecule has 1 aliphatic heterocycles. The Bertz CT molecular complexity index is 1060. The Hall–Kier alpha value is -3.09. The standard InChI is InChI=1S/C23H28N4O3/c1-15(2)27-21(25-18-6-5-10-24-22(18)27)12-16-9-11-26(14-16)23(28)17-7-8-19(29-3)20(13-17)30-4/h5-8,10,13,15-16H,9,11-12,14H2,1-4H3/t16-/m1/s1. The lowest BCUT2D eigenvalue weighted by atomic mass is 10.0. The lowest BCUT2D eigenvalue weighted by Gasteiger charge is -2.18. The largest absolute Gasteiger partial charge is 0.493 e. The molecule has 0 bridgehead atoms. The van der Waals surface area contributed by atoms with Gasteiger partial charge in [-0.15, -0.1) is 0 Å². The van der Waals surface area contributed by atoms with Gasteiger partial charge in [0, 0.05) is 37.3 Å². The zero-order valence-corrected chi connectivity index (χ0v) is 18.0. The van der Waals surface area contributed by atoms with Crippen LogP contribution in [0.5, 0.6) is 11.5 Å². The summed E-state index contributed by atoms with van der Waals surface area (Å²) in [5.41, 5.74) is 2.48. The van der Waals surface area contributed by atoms with E-state index in [1.165, 1.54) is 0 Å². The molecule has 1 aliphatic rings. The molecule has 7 nitrogen and oxygen atoms in total. The van der Waals surface area contributed by atoms with E-state index in [4.69, 9.17) is 14.5 Å². The van der Waals surface area contributed by atoms with E-state index in [1.54, 1.807) is 32.4 Å². The molecule has 1 fully saturated rings. The van der Waals surface area contributed by atoms with Gasteiger partial charge in [0.1, 0.15) is 11.3 Å². The molecule has 3 aromatic rings. The maximum absolute atomic E-state index is 13.0. The van der Waals surface area contributed by atoms with Gasteiger partial charge in [0.2, 0.25) is 0 Å². The summed E-state index contributed by atoms with van der Waals surface area (Å²) in [6.07, 6.45) is 3.61. The normalized spacial score (nSPS) is 16.4. The summed E-state index contributed by atoms with van der Waals surface area (Å²) in [6, 6.07) is 9.53. The summed E-state index contributed by atoms with van der Waals surface area (Å²) in [7, 11) is 3.16. The molecule has 30 heavy (non-hydrogen) atoms. The van der Waals surface area contributed by atoms with Gasteiger partial charge in [0.05, 0.1) is 14.2 Å². The fraction of sp³-hybridized carbons (Fsp3) is 0.435. The molecule has 2 aromatic heterocycles. The Morgan fingerprint density at radius 2 is 2.00 bits per heavy atom. The van der Waals surface area contributed by atoms with Crippen LogP contribution in [0.15, 0.2) is 36.5 Å². The Morgan fingerprint density at radius 3 is 2.73 bits per heavy atom. The van der Waals surface area contributed by atoms with E-state index in [2.05, 4.69) is 23.4 Å². The first-order valence-corrected chi connectivity index (χ1v) is 10.3. The number of carbonyl (C=O) groups excluding carboxylic acids is 1. The molecule has 0 spiro atoms. The molecule has 1 atom stereocenters. The second kappa shape index (κ2) is 8.34. The van der Waals surface area contributed by atoms with E-state index in [9.17, 15) is 4.79 Å². The molecule has 0 aliphatic carbocycles. The van der Waals surface area contributed by atoms with Crippen molar-refractivity contribution in [1.82, 2.24) is 19.4 Å². The SMILES string of the molecule is COc1ccc(C(=O)N2CC[C@H](Cc3nc4cccnc4n3C(C)C)C2)cc1OC. The van der Waals surface area contributed by atoms with Gasteiger partial charge in [0.25, 0.3) is 5.91 Å². The van der Waals surface area contributed by atoms with E-state index < -0.39 is 0 Å². The van der Waals surface area contributed by atoms with Crippen molar-refractivity contribution in [2.45, 2.75) is 32.7 Å². The number of methoxy groups -OCH3 is 2. The number of ether oxygens (including phenoxy) is 2. The Morgan fingerprint density at radius 1 is 1.20 bits per heavy atom. The second-order valence-corrected chi connectivity index (χ2v) is 8.02. The van der Waals surface area contributed by atoms with Crippen LogP contribution in [0.25, 0.3) is 11.2 Å². The number of likely N-dealkylation sites (tertiary alicyclic amines) is 1. The number of amides is 1. The van der Waals surface area contributed by atoms with Gasteiger partial charge in [-0.3, -0.25) is 4.79 Å². The van der Waals surface area contributed by atoms with Gasteiger partial charge in [-0.2, -0.15) is 0 Å². The minimum atomic E-state index is 0.0254. The molecule has 0 N–H and O–H groups in total. The van der Waals surface area contributed by atoms with E-state index >= 15 is 0 Å². The molecule has 0 saturated carbocycles. The number of benzene rings is 1. The van der Waals surface area contributed by atoms with Crippen molar-refractivity contribution < 1.29 is 14.3 Å². The monoisotopic (exact) mass is 408 g/mol. The lowest BCUT2D eigenvalue weighted by Crippen LogP contribution is -2.29. The first-order valence-electron chi connectivity index (χ1n) is 10.3. The average molecular weight is 409 g/mol. The predicted molar refractivity (Wildman–Crippen MR) is 115 cm³/mol. The summed E-state index contributed by atoms with van der Waals surface area (Å²) < 4.78 is 12.8. The summed E-state index contributed by atoms with van der Waals surface area (Å²) in [5.74, 6) is 2.64. The number of imidazole rings is 1. The van der Waals surface area contributed by atoms with Crippen molar-refractivity contribution in [1.29, 1.82) is 0 Å². The topological polar surface area (TPSA) is 69.5 Å². The molecule has 0 unspecified atom stereocenters. The first kappa shape index (κ1) is 20.2. The van der Waals surface area contributed by atoms with Crippen LogP contribution in [0.2, 0.25) is 0 Å². The molecule has 0 radical (unpaired) electrons. The van der Waals surface area contributed by atoms with Crippen LogP contribution < -0.4 is 9.47 Å². The molecule has 4 rings (SSSR count). The van der Waals surface area contributed by atoms with Crippen LogP contribution in [-0.2, 0) is 6.42 Å². The molecule has 7 heteroatoms. The third-order valence-corrected chi connectivity index (χ3v) is 5.71. The average Bonchev–Trinajstić information content (AvgIpc) is 3.37. The van der Waals surface area contributed by atoms with Gasteiger partial charge in [-0.25, -0.2) is 9.97 Å². The zero-order chi connectivity index (χ0) is 21.3. The zero-order valence-electron chi connectivity index (χ0n) is 18.0. The van der Waals surface area contributed by atoms with Crippen LogP contribution in [0.1, 0.15) is 42.5 Å². The quantitative estimate of drug-likeness (QED) is 0.622. The summed E-state index contributed by atoms with van der Waals surface area (Å²) >= 11 is 0. The van der Waals surface area contributed by atoms with Gasteiger partial charge < -0.3 is 18.9 Å². The van der Waals surface area contributed by atoms with Crippen molar-refractivity contribution in [3.63, 3.8) is 0 Å². The lowest BCUT2D eigenvalue weighted by molar-refractivity contribution is 0.0786. The van der Waals surface area contributed by atoms with Crippen molar-refractivity contribution in [2.24, 2.45) is 5.92 Å². The van der Waals surface area contributed by atoms with Crippen LogP contribution in [-0.4, -0.2) is 52.7 Å². The maximum Gasteiger partial charge on any atom is 0.254 e. The van der Waals surface area contributed by atoms with Gasteiger partial charge >= 0.3 is 0 Å². The fourth-order valence-electron chi connectivity index (χ4n) is 4.26. The van der Waals surface area contributed by atoms with E-state index in [1.807, 2.05) is 23.2 Å². The highest BCUT2D eigenvalue weighted by Crippen LogP contribution is 2.30. The van der Waals surface area contributed by atoms with Crippen molar-refractivity contribution in [3.8, 4) is 11.5 Å². The van der Waals surface area contributed by atoms with E-state index in [0.717, 1.165) is 42.9 Å². The molecular formula is C23H28N4O3. The van der Waals surface area contributed by atoms with Crippen LogP contribution in [0.3, 0.4) is 0 Å². The van der Waals surface area contributed by atoms with Gasteiger partial charge in [-0.05, 0) is 56.5 Å². The van der Waals surface area contributed by atoms with Crippen LogP contribution in [0.4, 0.5) is 0 Å². The third kappa shape index (κ3) is 3.72. The second-order valence-electron chi connectivity index (χ2n) is 8.02. The van der Waals surface area contributed by atoms with E-state index in [0.29, 0.717) is 23.0 Å². The number of rotatable bonds is 6. The first-order chi connectivity index (χ1) is 14.5. The molecule has 1 saturated heterocycles. The molecule has 1 amide bonds. The summed E-state index contributed by atoms with van der Waals surface area (Å²) in [4.78, 5) is 24.3. The number of nitrogens with zero attached hydrogens (tertiary/aromatic N) is 4. The predicted octanol–water partition coefficient (Wildman–Crippen LogP) is 3.73. The summed E-state index contributed by atoms with van der Waals surface area (Å²) in [5, 5.41) is 0. The Balaban J connectivity index is 1.50. The van der Waals surface area contributed by atoms with Crippen LogP contribution in [0, 0.1) is 5.92 Å². The minimum absolute atomic E-state index is 0.0254. The highest BCUT2D eigenvalue weighted by atomic mass is 16.5. The highest BCUT2D eigenvalue weighted by Gasteiger charge is 2.29. The third-order valence-electron chi connectivity index (χ3n) is 5.71. The highest BCUT2D eigenvalue weighted by molar-refractivity contribution is 5.95. The molecular weight excluding hydrogens is 380 g/mol. The number of fused-ring (bicyclic) bond motifs is 1. The Labute approximate surface area is 176 Å². The molecule has 1 aromatic carbocycles. The molecule has 158 valence electrons. The van der Waals surface area contributed by atoms with Crippen LogP contribution >= 0.6 is 0 Å². The van der Waals surface area contributed by atoms with Gasteiger partial charge in [-0.1, -0.05) is 0 Å². The Kier molecular flexibility index (Phi) is 5.61. The number of hydrogen-bond donors (Lipinski definition) is 0. The smallest absolute Gasteiger partial charge is 0.254 e. The number of pyridine rings is 1. The number of hydrogen-bond acceptors (Lipinski definition) is 5. The van der Waals surface area contributed by atoms with Crippen molar-refractivity contribution in [3.05, 3.63) is 47.9 Å². The fourth-order valence-corrected chi connectivity index (χ4v) is 4.26. The minimum Gasteiger partial charge on any atom is -0.493 e. The summed E-state index contributed by atoms with van der Waals surface area (Å²) in [6.45, 7) is 5.78. The number of carbonyl (C=O) groups is 1. The van der Waals surface area contributed by atoms with E-state index in [-0.39, 0.29) is 11.9 Å².